The van der Waals surface area contributed by atoms with Crippen molar-refractivity contribution in [2.45, 2.75) is 24.9 Å². The zero-order valence-electron chi connectivity index (χ0n) is 15.5. The molecule has 1 fully saturated rings. The maximum Gasteiger partial charge on any atom is 0.226 e. The second kappa shape index (κ2) is 7.13. The maximum atomic E-state index is 12.8. The Hall–Kier alpha value is -3.12. The van der Waals surface area contributed by atoms with Gasteiger partial charge in [0.1, 0.15) is 11.2 Å². The normalized spacial score (nSPS) is 17.2. The molecule has 28 heavy (non-hydrogen) atoms. The highest BCUT2D eigenvalue weighted by molar-refractivity contribution is 6.05. The number of nitrogens with one attached hydrogen (secondary N) is 1. The minimum atomic E-state index is -1.12. The molecule has 0 saturated carbocycles. The SMILES string of the molecule is N=C/C(=C\N)C1(O)CCN(C(=O)Cc2ccc3oc4ccccc4c3c2)CC1. The second-order valence-corrected chi connectivity index (χ2v) is 7.28. The van der Waals surface area contributed by atoms with E-state index in [2.05, 4.69) is 0 Å². The number of piperidine rings is 1. The van der Waals surface area contributed by atoms with E-state index in [4.69, 9.17) is 15.6 Å². The van der Waals surface area contributed by atoms with Crippen LogP contribution >= 0.6 is 0 Å². The number of hydrogen-bond donors (Lipinski definition) is 3. The third-order valence-electron chi connectivity index (χ3n) is 5.61. The number of para-hydroxylation sites is 1. The lowest BCUT2D eigenvalue weighted by molar-refractivity contribution is -0.133. The van der Waals surface area contributed by atoms with Gasteiger partial charge in [0.05, 0.1) is 12.0 Å². The first kappa shape index (κ1) is 18.3. The van der Waals surface area contributed by atoms with Gasteiger partial charge in [-0.2, -0.15) is 0 Å². The number of nitrogens with two attached hydrogens (primary N) is 1. The number of benzene rings is 2. The van der Waals surface area contributed by atoms with E-state index in [9.17, 15) is 9.90 Å². The molecule has 3 aromatic rings. The standard InChI is InChI=1S/C22H23N3O3/c23-13-16(14-24)22(27)7-9-25(10-8-22)21(26)12-15-5-6-20-18(11-15)17-3-1-2-4-19(17)28-20/h1-6,11,13-14,23,27H,7-10,12,24H2/b16-14+,23-13?. The first-order valence-corrected chi connectivity index (χ1v) is 9.37. The molecule has 1 aliphatic heterocycles. The zero-order valence-corrected chi connectivity index (χ0v) is 15.5. The van der Waals surface area contributed by atoms with E-state index in [1.165, 1.54) is 6.20 Å². The second-order valence-electron chi connectivity index (χ2n) is 7.28. The van der Waals surface area contributed by atoms with Crippen molar-refractivity contribution in [2.75, 3.05) is 13.1 Å². The van der Waals surface area contributed by atoms with Gasteiger partial charge in [0, 0.05) is 41.8 Å². The Morgan fingerprint density at radius 1 is 1.18 bits per heavy atom. The molecule has 2 aromatic carbocycles. The topological polar surface area (TPSA) is 104 Å². The number of likely N-dealkylation sites (tertiary alicyclic amines) is 1. The van der Waals surface area contributed by atoms with Gasteiger partial charge < -0.3 is 25.6 Å². The summed E-state index contributed by atoms with van der Waals surface area (Å²) in [6, 6.07) is 13.7. The smallest absolute Gasteiger partial charge is 0.226 e. The Kier molecular flexibility index (Phi) is 4.65. The molecule has 1 aromatic heterocycles. The molecular formula is C22H23N3O3. The molecule has 4 rings (SSSR count). The lowest BCUT2D eigenvalue weighted by Gasteiger charge is -2.38. The van der Waals surface area contributed by atoms with Crippen LogP contribution in [0.2, 0.25) is 0 Å². The molecule has 144 valence electrons. The summed E-state index contributed by atoms with van der Waals surface area (Å²) in [7, 11) is 0. The molecule has 0 bridgehead atoms. The lowest BCUT2D eigenvalue weighted by Crippen LogP contribution is -2.48. The summed E-state index contributed by atoms with van der Waals surface area (Å²) in [6.07, 6.45) is 3.42. The molecule has 0 radical (unpaired) electrons. The first-order chi connectivity index (χ1) is 13.5. The monoisotopic (exact) mass is 377 g/mol. The molecule has 2 heterocycles. The van der Waals surface area contributed by atoms with Crippen molar-refractivity contribution in [1.82, 2.24) is 4.90 Å². The molecule has 0 spiro atoms. The molecular weight excluding hydrogens is 354 g/mol. The van der Waals surface area contributed by atoms with Gasteiger partial charge in [-0.15, -0.1) is 0 Å². The summed E-state index contributed by atoms with van der Waals surface area (Å²) in [5.41, 5.74) is 7.38. The summed E-state index contributed by atoms with van der Waals surface area (Å²) in [5, 5.41) is 20.1. The fraction of sp³-hybridized carbons (Fsp3) is 0.273. The van der Waals surface area contributed by atoms with E-state index in [-0.39, 0.29) is 5.91 Å². The number of hydrogen-bond acceptors (Lipinski definition) is 5. The van der Waals surface area contributed by atoms with Crippen LogP contribution in [0.15, 0.2) is 58.7 Å². The predicted octanol–water partition coefficient (Wildman–Crippen LogP) is 2.97. The van der Waals surface area contributed by atoms with Crippen LogP contribution in [0, 0.1) is 5.41 Å². The average molecular weight is 377 g/mol. The van der Waals surface area contributed by atoms with Crippen LogP contribution in [0.5, 0.6) is 0 Å². The van der Waals surface area contributed by atoms with Gasteiger partial charge in [-0.3, -0.25) is 4.79 Å². The van der Waals surface area contributed by atoms with Gasteiger partial charge in [0.2, 0.25) is 5.91 Å². The van der Waals surface area contributed by atoms with Crippen LogP contribution in [0.3, 0.4) is 0 Å². The molecule has 0 atom stereocenters. The van der Waals surface area contributed by atoms with E-state index >= 15 is 0 Å². The Morgan fingerprint density at radius 2 is 1.89 bits per heavy atom. The number of nitrogens with zero attached hydrogens (tertiary/aromatic N) is 1. The molecule has 0 unspecified atom stereocenters. The fourth-order valence-corrected chi connectivity index (χ4v) is 3.92. The van der Waals surface area contributed by atoms with E-state index in [0.717, 1.165) is 33.7 Å². The van der Waals surface area contributed by atoms with Crippen LogP contribution in [0.4, 0.5) is 0 Å². The highest BCUT2D eigenvalue weighted by Gasteiger charge is 2.36. The number of fused-ring (bicyclic) bond motifs is 3. The maximum absolute atomic E-state index is 12.8. The molecule has 1 saturated heterocycles. The zero-order chi connectivity index (χ0) is 19.7. The molecule has 6 nitrogen and oxygen atoms in total. The summed E-state index contributed by atoms with van der Waals surface area (Å²) in [4.78, 5) is 14.5. The molecule has 1 aliphatic rings. The fourth-order valence-electron chi connectivity index (χ4n) is 3.92. The third kappa shape index (κ3) is 3.16. The van der Waals surface area contributed by atoms with Crippen LogP contribution in [0.25, 0.3) is 21.9 Å². The molecule has 0 aliphatic carbocycles. The van der Waals surface area contributed by atoms with Crippen molar-refractivity contribution >= 4 is 34.1 Å². The van der Waals surface area contributed by atoms with Crippen molar-refractivity contribution in [2.24, 2.45) is 5.73 Å². The van der Waals surface area contributed by atoms with Gasteiger partial charge in [-0.1, -0.05) is 24.3 Å². The van der Waals surface area contributed by atoms with Crippen molar-refractivity contribution < 1.29 is 14.3 Å². The van der Waals surface area contributed by atoms with Gasteiger partial charge in [0.15, 0.2) is 0 Å². The summed E-state index contributed by atoms with van der Waals surface area (Å²) in [6.45, 7) is 0.884. The summed E-state index contributed by atoms with van der Waals surface area (Å²) < 4.78 is 5.84. The van der Waals surface area contributed by atoms with Crippen LogP contribution in [-0.2, 0) is 11.2 Å². The molecule has 6 heteroatoms. The minimum Gasteiger partial charge on any atom is -0.456 e. The highest BCUT2D eigenvalue weighted by Crippen LogP contribution is 2.30. The summed E-state index contributed by atoms with van der Waals surface area (Å²) >= 11 is 0. The largest absolute Gasteiger partial charge is 0.456 e. The Labute approximate surface area is 162 Å². The van der Waals surface area contributed by atoms with E-state index in [0.29, 0.717) is 37.9 Å². The number of amides is 1. The average Bonchev–Trinajstić information content (AvgIpc) is 3.07. The lowest BCUT2D eigenvalue weighted by atomic mass is 9.84. The van der Waals surface area contributed by atoms with Gasteiger partial charge >= 0.3 is 0 Å². The van der Waals surface area contributed by atoms with E-state index in [1.54, 1.807) is 4.90 Å². The molecule has 1 amide bonds. The number of furan rings is 1. The van der Waals surface area contributed by atoms with Gasteiger partial charge in [0.25, 0.3) is 0 Å². The highest BCUT2D eigenvalue weighted by atomic mass is 16.3. The Morgan fingerprint density at radius 3 is 2.61 bits per heavy atom. The van der Waals surface area contributed by atoms with Crippen LogP contribution in [-0.4, -0.2) is 40.8 Å². The number of carbonyl (C=O) groups excluding carboxylic acids is 1. The van der Waals surface area contributed by atoms with Crippen LogP contribution < -0.4 is 5.73 Å². The Bertz CT molecular complexity index is 1080. The third-order valence-corrected chi connectivity index (χ3v) is 5.61. The van der Waals surface area contributed by atoms with Crippen molar-refractivity contribution in [3.8, 4) is 0 Å². The quantitative estimate of drug-likeness (QED) is 0.608. The van der Waals surface area contributed by atoms with Crippen molar-refractivity contribution in [3.05, 3.63) is 59.8 Å². The predicted molar refractivity (Wildman–Crippen MR) is 109 cm³/mol. The number of rotatable bonds is 4. The van der Waals surface area contributed by atoms with Gasteiger partial charge in [-0.25, -0.2) is 0 Å². The number of carbonyl (C=O) groups is 1. The number of aliphatic hydroxyl groups is 1. The van der Waals surface area contributed by atoms with E-state index in [1.807, 2.05) is 42.5 Å². The Balaban J connectivity index is 1.48. The minimum absolute atomic E-state index is 0.0299. The first-order valence-electron chi connectivity index (χ1n) is 9.37. The van der Waals surface area contributed by atoms with Crippen LogP contribution in [0.1, 0.15) is 18.4 Å². The molecule has 4 N–H and O–H groups in total. The van der Waals surface area contributed by atoms with Gasteiger partial charge in [-0.05, 0) is 36.6 Å². The summed E-state index contributed by atoms with van der Waals surface area (Å²) in [5.74, 6) is 0.0299. The van der Waals surface area contributed by atoms with E-state index < -0.39 is 5.60 Å². The van der Waals surface area contributed by atoms with Crippen molar-refractivity contribution in [3.63, 3.8) is 0 Å². The van der Waals surface area contributed by atoms with Crippen molar-refractivity contribution in [1.29, 1.82) is 5.41 Å².